The van der Waals surface area contributed by atoms with E-state index >= 15 is 0 Å². The van der Waals surface area contributed by atoms with Gasteiger partial charge in [0.25, 0.3) is 0 Å². The van der Waals surface area contributed by atoms with Crippen LogP contribution in [0.1, 0.15) is 0 Å². The topological polar surface area (TPSA) is 24.4 Å². The van der Waals surface area contributed by atoms with Gasteiger partial charge in [-0.15, -0.1) is 0 Å². The summed E-state index contributed by atoms with van der Waals surface area (Å²) >= 11 is 0.622. The van der Waals surface area contributed by atoms with E-state index in [0.717, 1.165) is 5.55 Å². The predicted molar refractivity (Wildman–Crippen MR) is 29.1 cm³/mol. The Labute approximate surface area is 53.5 Å². The molecule has 0 bridgehead atoms. The number of halogens is 3. The largest absolute Gasteiger partial charge is 0.419 e. The van der Waals surface area contributed by atoms with Gasteiger partial charge in [-0.25, -0.2) is 0 Å². The maximum absolute atomic E-state index is 11.6. The van der Waals surface area contributed by atoms with E-state index in [0.29, 0.717) is 11.8 Å². The molecule has 1 aliphatic heterocycles. The molecule has 1 atom stereocenters. The van der Waals surface area contributed by atoms with E-state index in [9.17, 15) is 13.2 Å². The Kier molecular flexibility index (Phi) is 1.56. The Hall–Kier alpha value is -0.390. The summed E-state index contributed by atoms with van der Waals surface area (Å²) in [5.41, 5.74) is 3.04. The Bertz CT molecular complexity index is 124. The zero-order chi connectivity index (χ0) is 6.91. The third-order valence-electron chi connectivity index (χ3n) is 0.739. The highest BCUT2D eigenvalue weighted by Gasteiger charge is 2.41. The van der Waals surface area contributed by atoms with Crippen molar-refractivity contribution in [1.29, 1.82) is 0 Å². The van der Waals surface area contributed by atoms with E-state index in [1.807, 2.05) is 5.43 Å². The maximum atomic E-state index is 11.6. The van der Waals surface area contributed by atoms with Crippen LogP contribution in [0.25, 0.3) is 0 Å². The molecule has 6 heteroatoms. The fourth-order valence-electron chi connectivity index (χ4n) is 0.370. The van der Waals surface area contributed by atoms with Crippen molar-refractivity contribution in [3.8, 4) is 0 Å². The lowest BCUT2D eigenvalue weighted by molar-refractivity contribution is -0.133. The van der Waals surface area contributed by atoms with Gasteiger partial charge in [-0.3, -0.25) is 5.43 Å². The number of alkyl halides is 3. The molecule has 1 N–H and O–H groups in total. The van der Waals surface area contributed by atoms with Crippen LogP contribution in [0.15, 0.2) is 5.10 Å². The van der Waals surface area contributed by atoms with Gasteiger partial charge in [0, 0.05) is 0 Å². The van der Waals surface area contributed by atoms with Crippen LogP contribution in [-0.4, -0.2) is 17.1 Å². The van der Waals surface area contributed by atoms with Crippen LogP contribution in [-0.2, 0) is 0 Å². The second-order valence-corrected chi connectivity index (χ2v) is 2.38. The van der Waals surface area contributed by atoms with Gasteiger partial charge in [0.1, 0.15) is 0 Å². The Morgan fingerprint density at radius 2 is 2.22 bits per heavy atom. The van der Waals surface area contributed by atoms with E-state index < -0.39 is 11.6 Å². The molecule has 0 amide bonds. The first-order chi connectivity index (χ1) is 4.11. The molecular weight excluding hydrogens is 153 g/mol. The summed E-state index contributed by atoms with van der Waals surface area (Å²) in [5, 5.41) is 1.66. The molecule has 1 rings (SSSR count). The Morgan fingerprint density at radius 3 is 2.44 bits per heavy atom. The average molecular weight is 156 g/mol. The van der Waals surface area contributed by atoms with Crippen molar-refractivity contribution < 1.29 is 13.2 Å². The number of hydrazone groups is 1. The minimum Gasteiger partial charge on any atom is -0.287 e. The highest BCUT2D eigenvalue weighted by Crippen LogP contribution is 2.29. The van der Waals surface area contributed by atoms with Crippen LogP contribution in [0, 0.1) is 0 Å². The van der Waals surface area contributed by atoms with E-state index in [1.54, 1.807) is 0 Å². The molecule has 9 heavy (non-hydrogen) atoms. The number of thioether (sulfide) groups is 1. The smallest absolute Gasteiger partial charge is 0.287 e. The fraction of sp³-hybridized carbons (Fsp3) is 0.667. The minimum atomic E-state index is -4.19. The molecule has 0 fully saturated rings. The van der Waals surface area contributed by atoms with Crippen LogP contribution in [0.2, 0.25) is 0 Å². The monoisotopic (exact) mass is 156 g/mol. The minimum absolute atomic E-state index is 0.622. The summed E-state index contributed by atoms with van der Waals surface area (Å²) in [4.78, 5) is 0. The lowest BCUT2D eigenvalue weighted by Gasteiger charge is -2.11. The Balaban J connectivity index is 2.46. The molecule has 0 aliphatic carbocycles. The normalized spacial score (nSPS) is 26.3. The molecular formula is C3H3F3N2S. The van der Waals surface area contributed by atoms with Gasteiger partial charge in [0.15, 0.2) is 5.37 Å². The highest BCUT2D eigenvalue weighted by molar-refractivity contribution is 8.12. The maximum Gasteiger partial charge on any atom is 0.419 e. The molecule has 1 heterocycles. The molecule has 0 radical (unpaired) electrons. The first-order valence-electron chi connectivity index (χ1n) is 2.10. The second kappa shape index (κ2) is 2.09. The quantitative estimate of drug-likeness (QED) is 0.569. The summed E-state index contributed by atoms with van der Waals surface area (Å²) < 4.78 is 34.8. The van der Waals surface area contributed by atoms with E-state index in [-0.39, 0.29) is 0 Å². The lowest BCUT2D eigenvalue weighted by atomic mass is 10.6. The van der Waals surface area contributed by atoms with E-state index in [1.165, 1.54) is 0 Å². The van der Waals surface area contributed by atoms with Gasteiger partial charge in [-0.05, 0) is 0 Å². The van der Waals surface area contributed by atoms with Crippen molar-refractivity contribution in [3.05, 3.63) is 0 Å². The van der Waals surface area contributed by atoms with Crippen molar-refractivity contribution >= 4 is 17.3 Å². The van der Waals surface area contributed by atoms with Gasteiger partial charge in [-0.1, -0.05) is 11.8 Å². The number of nitrogens with zero attached hydrogens (tertiary/aromatic N) is 1. The highest BCUT2D eigenvalue weighted by atomic mass is 32.2. The van der Waals surface area contributed by atoms with Crippen molar-refractivity contribution in [2.75, 3.05) is 0 Å². The van der Waals surface area contributed by atoms with Crippen LogP contribution < -0.4 is 5.43 Å². The van der Waals surface area contributed by atoms with Gasteiger partial charge >= 0.3 is 6.18 Å². The van der Waals surface area contributed by atoms with Crippen LogP contribution in [0.5, 0.6) is 0 Å². The van der Waals surface area contributed by atoms with Crippen LogP contribution in [0.4, 0.5) is 13.2 Å². The van der Waals surface area contributed by atoms with Crippen LogP contribution in [0.3, 0.4) is 0 Å². The summed E-state index contributed by atoms with van der Waals surface area (Å²) in [5.74, 6) is 0. The van der Waals surface area contributed by atoms with Crippen molar-refractivity contribution in [1.82, 2.24) is 5.43 Å². The van der Waals surface area contributed by atoms with Crippen molar-refractivity contribution in [2.24, 2.45) is 5.10 Å². The summed E-state index contributed by atoms with van der Waals surface area (Å²) in [6, 6.07) is 0. The third kappa shape index (κ3) is 1.51. The SMILES string of the molecule is FC(F)(F)C1NN=CS1. The number of hydrogen-bond acceptors (Lipinski definition) is 3. The molecule has 2 nitrogen and oxygen atoms in total. The third-order valence-corrected chi connectivity index (χ3v) is 1.61. The molecule has 0 spiro atoms. The molecule has 1 aliphatic rings. The van der Waals surface area contributed by atoms with E-state index in [4.69, 9.17) is 0 Å². The zero-order valence-corrected chi connectivity index (χ0v) is 4.96. The summed E-state index contributed by atoms with van der Waals surface area (Å²) in [7, 11) is 0. The first-order valence-corrected chi connectivity index (χ1v) is 3.04. The standard InChI is InChI=1S/C3H3F3N2S/c4-3(5,6)2-8-7-1-9-2/h1-2,8H. The van der Waals surface area contributed by atoms with Gasteiger partial charge < -0.3 is 0 Å². The van der Waals surface area contributed by atoms with Gasteiger partial charge in [0.2, 0.25) is 0 Å². The fourth-order valence-corrected chi connectivity index (χ4v) is 0.890. The lowest BCUT2D eigenvalue weighted by Crippen LogP contribution is -2.33. The first kappa shape index (κ1) is 6.73. The van der Waals surface area contributed by atoms with Gasteiger partial charge in [0.05, 0.1) is 5.55 Å². The molecule has 0 aromatic carbocycles. The molecule has 0 saturated heterocycles. The predicted octanol–water partition coefficient (Wildman–Crippen LogP) is 1.15. The summed E-state index contributed by atoms with van der Waals surface area (Å²) in [6.45, 7) is 0. The molecule has 52 valence electrons. The molecule has 0 aromatic heterocycles. The van der Waals surface area contributed by atoms with Crippen molar-refractivity contribution in [3.63, 3.8) is 0 Å². The number of nitrogens with one attached hydrogen (secondary N) is 1. The summed E-state index contributed by atoms with van der Waals surface area (Å²) in [6.07, 6.45) is -4.19. The van der Waals surface area contributed by atoms with Crippen LogP contribution >= 0.6 is 11.8 Å². The molecule has 1 unspecified atom stereocenters. The number of hydrogen-bond donors (Lipinski definition) is 1. The van der Waals surface area contributed by atoms with Crippen molar-refractivity contribution in [2.45, 2.75) is 11.6 Å². The molecule has 0 aromatic rings. The average Bonchev–Trinajstić information content (AvgIpc) is 2.08. The van der Waals surface area contributed by atoms with Gasteiger partial charge in [-0.2, -0.15) is 18.3 Å². The van der Waals surface area contributed by atoms with E-state index in [2.05, 4.69) is 5.10 Å². The molecule has 0 saturated carbocycles. The zero-order valence-electron chi connectivity index (χ0n) is 4.14. The number of rotatable bonds is 0. The Morgan fingerprint density at radius 1 is 1.56 bits per heavy atom. The second-order valence-electron chi connectivity index (χ2n) is 1.42.